The molecule has 10 heteroatoms. The molecule has 3 rings (SSSR count). The highest BCUT2D eigenvalue weighted by molar-refractivity contribution is 7.99. The minimum atomic E-state index is -0.519. The average Bonchev–Trinajstić information content (AvgIpc) is 3.08. The Morgan fingerprint density at radius 1 is 1.28 bits per heavy atom. The summed E-state index contributed by atoms with van der Waals surface area (Å²) in [5.41, 5.74) is 2.09. The Morgan fingerprint density at radius 3 is 2.79 bits per heavy atom. The number of nitrogens with one attached hydrogen (secondary N) is 1. The molecule has 0 atom stereocenters. The van der Waals surface area contributed by atoms with E-state index in [1.165, 1.54) is 37.1 Å². The van der Waals surface area contributed by atoms with Crippen molar-refractivity contribution in [1.29, 1.82) is 0 Å². The molecule has 2 aromatic carbocycles. The van der Waals surface area contributed by atoms with Crippen molar-refractivity contribution in [2.24, 2.45) is 0 Å². The second-order valence-corrected chi connectivity index (χ2v) is 6.95. The molecular formula is C19H20N4O5S. The Hall–Kier alpha value is -3.11. The van der Waals surface area contributed by atoms with Crippen molar-refractivity contribution < 1.29 is 19.2 Å². The first-order valence-corrected chi connectivity index (χ1v) is 9.71. The number of amides is 1. The fourth-order valence-electron chi connectivity index (χ4n) is 2.78. The van der Waals surface area contributed by atoms with Crippen molar-refractivity contribution in [2.45, 2.75) is 11.7 Å². The molecule has 3 aromatic rings. The molecule has 0 aliphatic heterocycles. The number of hydrogen-bond acceptors (Lipinski definition) is 7. The summed E-state index contributed by atoms with van der Waals surface area (Å²) in [6, 6.07) is 11.8. The van der Waals surface area contributed by atoms with E-state index in [0.717, 1.165) is 11.0 Å². The molecule has 29 heavy (non-hydrogen) atoms. The summed E-state index contributed by atoms with van der Waals surface area (Å²) in [6.45, 7) is 1.15. The molecule has 0 saturated heterocycles. The molecule has 152 valence electrons. The predicted molar refractivity (Wildman–Crippen MR) is 111 cm³/mol. The fraction of sp³-hybridized carbons (Fsp3) is 0.263. The molecule has 1 aromatic heterocycles. The third kappa shape index (κ3) is 4.84. The second-order valence-electron chi connectivity index (χ2n) is 6.01. The van der Waals surface area contributed by atoms with Crippen molar-refractivity contribution in [2.75, 3.05) is 31.9 Å². The first-order chi connectivity index (χ1) is 14.0. The molecule has 0 aliphatic rings. The minimum Gasteiger partial charge on any atom is -0.494 e. The van der Waals surface area contributed by atoms with E-state index in [1.807, 2.05) is 28.8 Å². The van der Waals surface area contributed by atoms with Crippen LogP contribution in [-0.2, 0) is 16.1 Å². The largest absolute Gasteiger partial charge is 0.494 e. The van der Waals surface area contributed by atoms with E-state index in [-0.39, 0.29) is 23.1 Å². The number of benzene rings is 2. The summed E-state index contributed by atoms with van der Waals surface area (Å²) in [6.07, 6.45) is 0. The van der Waals surface area contributed by atoms with Crippen LogP contribution in [-0.4, -0.2) is 47.0 Å². The van der Waals surface area contributed by atoms with Crippen LogP contribution < -0.4 is 10.1 Å². The third-order valence-corrected chi connectivity index (χ3v) is 5.12. The number of nitro benzene ring substituents is 1. The molecule has 0 unspecified atom stereocenters. The van der Waals surface area contributed by atoms with Crippen LogP contribution >= 0.6 is 11.8 Å². The number of thioether (sulfide) groups is 1. The van der Waals surface area contributed by atoms with Crippen LogP contribution in [0.5, 0.6) is 5.75 Å². The summed E-state index contributed by atoms with van der Waals surface area (Å²) >= 11 is 1.31. The average molecular weight is 416 g/mol. The van der Waals surface area contributed by atoms with Crippen LogP contribution in [0.4, 0.5) is 11.4 Å². The van der Waals surface area contributed by atoms with E-state index in [0.29, 0.717) is 24.0 Å². The highest BCUT2D eigenvalue weighted by Gasteiger charge is 2.16. The quantitative estimate of drug-likeness (QED) is 0.324. The lowest BCUT2D eigenvalue weighted by Gasteiger charge is -2.10. The number of ether oxygens (including phenoxy) is 2. The molecule has 0 fully saturated rings. The minimum absolute atomic E-state index is 0.110. The van der Waals surface area contributed by atoms with Crippen LogP contribution in [0, 0.1) is 10.1 Å². The predicted octanol–water partition coefficient (Wildman–Crippen LogP) is 3.33. The first kappa shape index (κ1) is 20.6. The zero-order valence-electron chi connectivity index (χ0n) is 16.0. The van der Waals surface area contributed by atoms with E-state index < -0.39 is 4.92 Å². The van der Waals surface area contributed by atoms with E-state index in [4.69, 9.17) is 9.47 Å². The summed E-state index contributed by atoms with van der Waals surface area (Å²) in [5.74, 6) is 0.0774. The maximum atomic E-state index is 12.4. The number of imidazole rings is 1. The fourth-order valence-corrected chi connectivity index (χ4v) is 3.62. The Labute approximate surface area is 171 Å². The molecule has 1 heterocycles. The van der Waals surface area contributed by atoms with Gasteiger partial charge in [0.05, 0.1) is 47.2 Å². The number of anilines is 1. The van der Waals surface area contributed by atoms with Crippen molar-refractivity contribution in [3.05, 3.63) is 52.6 Å². The monoisotopic (exact) mass is 416 g/mol. The van der Waals surface area contributed by atoms with Crippen molar-refractivity contribution in [1.82, 2.24) is 9.55 Å². The maximum absolute atomic E-state index is 12.4. The number of hydrogen-bond donors (Lipinski definition) is 1. The van der Waals surface area contributed by atoms with Crippen LogP contribution in [0.2, 0.25) is 0 Å². The zero-order chi connectivity index (χ0) is 20.8. The highest BCUT2D eigenvalue weighted by atomic mass is 32.2. The van der Waals surface area contributed by atoms with Gasteiger partial charge in [-0.3, -0.25) is 14.9 Å². The SMILES string of the molecule is COCCn1c(SCC(=O)Nc2ccc([N+](=O)[O-])cc2OC)nc2ccccc21. The molecule has 1 amide bonds. The van der Waals surface area contributed by atoms with Gasteiger partial charge in [0.1, 0.15) is 5.75 Å². The molecule has 9 nitrogen and oxygen atoms in total. The van der Waals surface area contributed by atoms with Gasteiger partial charge in [-0.1, -0.05) is 23.9 Å². The lowest BCUT2D eigenvalue weighted by Crippen LogP contribution is -2.15. The first-order valence-electron chi connectivity index (χ1n) is 8.72. The standard InChI is InChI=1S/C19H20N4O5S/c1-27-10-9-22-16-6-4-3-5-14(16)21-19(22)29-12-18(24)20-15-8-7-13(23(25)26)11-17(15)28-2/h3-8,11H,9-10,12H2,1-2H3,(H,20,24). The number of para-hydroxylation sites is 2. The third-order valence-electron chi connectivity index (χ3n) is 4.14. The molecule has 0 bridgehead atoms. The van der Waals surface area contributed by atoms with Crippen LogP contribution in [0.25, 0.3) is 11.0 Å². The number of rotatable bonds is 9. The van der Waals surface area contributed by atoms with Gasteiger partial charge in [0.2, 0.25) is 5.91 Å². The maximum Gasteiger partial charge on any atom is 0.273 e. The number of carbonyl (C=O) groups is 1. The van der Waals surface area contributed by atoms with E-state index in [1.54, 1.807) is 7.11 Å². The number of non-ortho nitro benzene ring substituents is 1. The van der Waals surface area contributed by atoms with Crippen molar-refractivity contribution >= 4 is 40.1 Å². The molecular weight excluding hydrogens is 396 g/mol. The summed E-state index contributed by atoms with van der Waals surface area (Å²) < 4.78 is 12.3. The number of methoxy groups -OCH3 is 2. The van der Waals surface area contributed by atoms with Crippen LogP contribution in [0.1, 0.15) is 0 Å². The normalized spacial score (nSPS) is 10.8. The Bertz CT molecular complexity index is 1040. The zero-order valence-corrected chi connectivity index (χ0v) is 16.8. The lowest BCUT2D eigenvalue weighted by molar-refractivity contribution is -0.384. The number of aromatic nitrogens is 2. The number of nitrogens with zero attached hydrogens (tertiary/aromatic N) is 3. The lowest BCUT2D eigenvalue weighted by atomic mass is 10.2. The molecule has 0 radical (unpaired) electrons. The number of carbonyl (C=O) groups excluding carboxylic acids is 1. The summed E-state index contributed by atoms with van der Waals surface area (Å²) in [4.78, 5) is 27.4. The van der Waals surface area contributed by atoms with Gasteiger partial charge in [-0.05, 0) is 18.2 Å². The van der Waals surface area contributed by atoms with E-state index in [2.05, 4.69) is 10.3 Å². The summed E-state index contributed by atoms with van der Waals surface area (Å²) in [7, 11) is 3.03. The van der Waals surface area contributed by atoms with Gasteiger partial charge in [0.25, 0.3) is 5.69 Å². The second kappa shape index (κ2) is 9.39. The molecule has 0 saturated carbocycles. The Kier molecular flexibility index (Phi) is 6.68. The topological polar surface area (TPSA) is 109 Å². The molecule has 1 N–H and O–H groups in total. The smallest absolute Gasteiger partial charge is 0.273 e. The van der Waals surface area contributed by atoms with Gasteiger partial charge in [0, 0.05) is 19.7 Å². The van der Waals surface area contributed by atoms with E-state index in [9.17, 15) is 14.9 Å². The van der Waals surface area contributed by atoms with Gasteiger partial charge in [0.15, 0.2) is 5.16 Å². The molecule has 0 aliphatic carbocycles. The highest BCUT2D eigenvalue weighted by Crippen LogP contribution is 2.30. The van der Waals surface area contributed by atoms with Gasteiger partial charge in [-0.2, -0.15) is 0 Å². The van der Waals surface area contributed by atoms with Crippen molar-refractivity contribution in [3.8, 4) is 5.75 Å². The summed E-state index contributed by atoms with van der Waals surface area (Å²) in [5, 5.41) is 14.3. The van der Waals surface area contributed by atoms with Crippen LogP contribution in [0.15, 0.2) is 47.6 Å². The van der Waals surface area contributed by atoms with E-state index >= 15 is 0 Å². The van der Waals surface area contributed by atoms with Gasteiger partial charge >= 0.3 is 0 Å². The number of fused-ring (bicyclic) bond motifs is 1. The van der Waals surface area contributed by atoms with Crippen molar-refractivity contribution in [3.63, 3.8) is 0 Å². The van der Waals surface area contributed by atoms with Gasteiger partial charge < -0.3 is 19.4 Å². The Balaban J connectivity index is 1.72. The number of nitro groups is 1. The van der Waals surface area contributed by atoms with Crippen LogP contribution in [0.3, 0.4) is 0 Å². The van der Waals surface area contributed by atoms with Gasteiger partial charge in [-0.25, -0.2) is 4.98 Å². The van der Waals surface area contributed by atoms with Gasteiger partial charge in [-0.15, -0.1) is 0 Å². The molecule has 0 spiro atoms. The Morgan fingerprint density at radius 2 is 2.07 bits per heavy atom.